The van der Waals surface area contributed by atoms with Gasteiger partial charge in [-0.15, -0.1) is 11.3 Å². The van der Waals surface area contributed by atoms with Gasteiger partial charge in [-0.3, -0.25) is 9.59 Å². The SMILES string of the molecule is COC(=O)[C@H](Cc1ccc(OC)cc1)NC(=O)[C@H]1CN(C(=O)Nc2ccccc2)CCN1C(=O)c1cccs1. The minimum absolute atomic E-state index is 0.0436. The summed E-state index contributed by atoms with van der Waals surface area (Å²) < 4.78 is 10.1. The molecular weight excluding hydrogens is 520 g/mol. The van der Waals surface area contributed by atoms with Gasteiger partial charge in [-0.05, 0) is 41.3 Å². The lowest BCUT2D eigenvalue weighted by Crippen LogP contribution is -2.63. The molecule has 0 saturated carbocycles. The van der Waals surface area contributed by atoms with E-state index in [1.165, 1.54) is 28.2 Å². The van der Waals surface area contributed by atoms with E-state index in [1.807, 2.05) is 6.07 Å². The zero-order valence-corrected chi connectivity index (χ0v) is 22.5. The monoisotopic (exact) mass is 550 g/mol. The molecule has 4 amide bonds. The zero-order valence-electron chi connectivity index (χ0n) is 21.7. The number of urea groups is 1. The van der Waals surface area contributed by atoms with Gasteiger partial charge in [-0.1, -0.05) is 36.4 Å². The Bertz CT molecular complexity index is 1280. The first-order valence-electron chi connectivity index (χ1n) is 12.4. The molecule has 1 aliphatic rings. The normalized spacial score (nSPS) is 15.7. The number of hydrogen-bond acceptors (Lipinski definition) is 7. The molecule has 2 atom stereocenters. The van der Waals surface area contributed by atoms with Crippen molar-refractivity contribution in [1.82, 2.24) is 15.1 Å². The van der Waals surface area contributed by atoms with Crippen LogP contribution in [0.3, 0.4) is 0 Å². The predicted octanol–water partition coefficient (Wildman–Crippen LogP) is 3.02. The van der Waals surface area contributed by atoms with Crippen LogP contribution in [0.5, 0.6) is 5.75 Å². The number of amides is 4. The molecule has 39 heavy (non-hydrogen) atoms. The number of ether oxygens (including phenoxy) is 2. The number of methoxy groups -OCH3 is 2. The van der Waals surface area contributed by atoms with Crippen LogP contribution < -0.4 is 15.4 Å². The third-order valence-corrected chi connectivity index (χ3v) is 7.25. The topological polar surface area (TPSA) is 117 Å². The number of rotatable bonds is 8. The number of benzene rings is 2. The highest BCUT2D eigenvalue weighted by molar-refractivity contribution is 7.12. The Balaban J connectivity index is 1.53. The summed E-state index contributed by atoms with van der Waals surface area (Å²) in [5.74, 6) is -0.819. The maximum atomic E-state index is 13.6. The highest BCUT2D eigenvalue weighted by Gasteiger charge is 2.39. The second-order valence-corrected chi connectivity index (χ2v) is 9.82. The average Bonchev–Trinajstić information content (AvgIpc) is 3.52. The fourth-order valence-electron chi connectivity index (χ4n) is 4.30. The maximum Gasteiger partial charge on any atom is 0.328 e. The van der Waals surface area contributed by atoms with Crippen molar-refractivity contribution in [3.05, 3.63) is 82.6 Å². The van der Waals surface area contributed by atoms with E-state index in [-0.39, 0.29) is 38.0 Å². The van der Waals surface area contributed by atoms with E-state index in [4.69, 9.17) is 9.47 Å². The molecule has 0 spiro atoms. The molecule has 2 aromatic carbocycles. The van der Waals surface area contributed by atoms with E-state index in [0.717, 1.165) is 5.56 Å². The summed E-state index contributed by atoms with van der Waals surface area (Å²) in [6.45, 7) is 0.349. The average molecular weight is 551 g/mol. The number of piperazine rings is 1. The molecule has 1 aliphatic heterocycles. The molecule has 4 rings (SSSR count). The lowest BCUT2D eigenvalue weighted by molar-refractivity contribution is -0.145. The number of carbonyl (C=O) groups is 4. The Morgan fingerprint density at radius 3 is 2.36 bits per heavy atom. The van der Waals surface area contributed by atoms with Crippen LogP contribution in [0.2, 0.25) is 0 Å². The fourth-order valence-corrected chi connectivity index (χ4v) is 4.98. The van der Waals surface area contributed by atoms with Crippen LogP contribution in [-0.2, 0) is 20.7 Å². The Morgan fingerprint density at radius 2 is 1.72 bits per heavy atom. The maximum absolute atomic E-state index is 13.6. The summed E-state index contributed by atoms with van der Waals surface area (Å²) in [6.07, 6.45) is 0.173. The highest BCUT2D eigenvalue weighted by atomic mass is 32.1. The van der Waals surface area contributed by atoms with Crippen LogP contribution in [-0.4, -0.2) is 79.6 Å². The molecular formula is C28H30N4O6S. The largest absolute Gasteiger partial charge is 0.497 e. The highest BCUT2D eigenvalue weighted by Crippen LogP contribution is 2.20. The zero-order chi connectivity index (χ0) is 27.8. The number of hydrogen-bond donors (Lipinski definition) is 2. The van der Waals surface area contributed by atoms with Gasteiger partial charge in [0.2, 0.25) is 5.91 Å². The molecule has 1 saturated heterocycles. The van der Waals surface area contributed by atoms with Gasteiger partial charge in [0.1, 0.15) is 17.8 Å². The number of thiophene rings is 1. The molecule has 0 aliphatic carbocycles. The van der Waals surface area contributed by atoms with Gasteiger partial charge in [-0.2, -0.15) is 0 Å². The van der Waals surface area contributed by atoms with E-state index in [9.17, 15) is 19.2 Å². The molecule has 1 aromatic heterocycles. The number of nitrogens with one attached hydrogen (secondary N) is 2. The van der Waals surface area contributed by atoms with Gasteiger partial charge in [0, 0.05) is 25.2 Å². The van der Waals surface area contributed by atoms with Crippen LogP contribution in [0.15, 0.2) is 72.1 Å². The van der Waals surface area contributed by atoms with Crippen molar-refractivity contribution in [3.8, 4) is 5.75 Å². The van der Waals surface area contributed by atoms with E-state index in [0.29, 0.717) is 16.3 Å². The van der Waals surface area contributed by atoms with Gasteiger partial charge in [0.25, 0.3) is 5.91 Å². The molecule has 1 fully saturated rings. The lowest BCUT2D eigenvalue weighted by Gasteiger charge is -2.40. The van der Waals surface area contributed by atoms with E-state index < -0.39 is 24.0 Å². The second-order valence-electron chi connectivity index (χ2n) is 8.87. The Hall–Kier alpha value is -4.38. The standard InChI is InChI=1S/C28H30N4O6S/c1-37-21-12-10-19(11-13-21)17-22(27(35)38-2)30-25(33)23-18-31(28(36)29-20-7-4-3-5-8-20)14-15-32(23)26(34)24-9-6-16-39-24/h3-13,16,22-23H,14-15,17-18H2,1-2H3,(H,29,36)(H,30,33)/t22-,23+/m0/s1. The van der Waals surface area contributed by atoms with E-state index >= 15 is 0 Å². The fraction of sp³-hybridized carbons (Fsp3) is 0.286. The van der Waals surface area contributed by atoms with Crippen LogP contribution in [0.25, 0.3) is 0 Å². The quantitative estimate of drug-likeness (QED) is 0.417. The number of nitrogens with zero attached hydrogens (tertiary/aromatic N) is 2. The summed E-state index contributed by atoms with van der Waals surface area (Å²) in [4.78, 5) is 56.0. The Labute approximate surface area is 230 Å². The van der Waals surface area contributed by atoms with Gasteiger partial charge in [0.15, 0.2) is 0 Å². The number of anilines is 1. The first-order valence-corrected chi connectivity index (χ1v) is 13.2. The Kier molecular flexibility index (Phi) is 9.16. The van der Waals surface area contributed by atoms with E-state index in [2.05, 4.69) is 10.6 Å². The summed E-state index contributed by atoms with van der Waals surface area (Å²) >= 11 is 1.27. The number of para-hydroxylation sites is 1. The van der Waals surface area contributed by atoms with Crippen molar-refractivity contribution in [1.29, 1.82) is 0 Å². The smallest absolute Gasteiger partial charge is 0.328 e. The number of esters is 1. The molecule has 3 aromatic rings. The molecule has 0 unspecified atom stereocenters. The van der Waals surface area contributed by atoms with Gasteiger partial charge in [0.05, 0.1) is 25.6 Å². The van der Waals surface area contributed by atoms with Gasteiger partial charge >= 0.3 is 12.0 Å². The third-order valence-electron chi connectivity index (χ3n) is 6.39. The molecule has 0 radical (unpaired) electrons. The van der Waals surface area contributed by atoms with Crippen LogP contribution in [0.1, 0.15) is 15.2 Å². The van der Waals surface area contributed by atoms with Crippen molar-refractivity contribution in [3.63, 3.8) is 0 Å². The first kappa shape index (κ1) is 27.6. The van der Waals surface area contributed by atoms with Gasteiger partial charge < -0.3 is 29.9 Å². The van der Waals surface area contributed by atoms with Gasteiger partial charge in [-0.25, -0.2) is 9.59 Å². The predicted molar refractivity (Wildman–Crippen MR) is 147 cm³/mol. The molecule has 11 heteroatoms. The molecule has 2 N–H and O–H groups in total. The van der Waals surface area contributed by atoms with Crippen molar-refractivity contribution in [2.45, 2.75) is 18.5 Å². The summed E-state index contributed by atoms with van der Waals surface area (Å²) in [6, 6.07) is 17.1. The van der Waals surface area contributed by atoms with Crippen molar-refractivity contribution in [2.75, 3.05) is 39.2 Å². The number of carbonyl (C=O) groups excluding carboxylic acids is 4. The lowest BCUT2D eigenvalue weighted by atomic mass is 10.0. The van der Waals surface area contributed by atoms with Crippen molar-refractivity contribution >= 4 is 40.8 Å². The summed E-state index contributed by atoms with van der Waals surface area (Å²) in [7, 11) is 2.81. The van der Waals surface area contributed by atoms with Crippen molar-refractivity contribution in [2.24, 2.45) is 0 Å². The van der Waals surface area contributed by atoms with Crippen LogP contribution >= 0.6 is 11.3 Å². The molecule has 10 nitrogen and oxygen atoms in total. The summed E-state index contributed by atoms with van der Waals surface area (Å²) in [5, 5.41) is 7.37. The minimum atomic E-state index is -1.02. The first-order chi connectivity index (χ1) is 18.9. The molecule has 2 heterocycles. The van der Waals surface area contributed by atoms with Crippen molar-refractivity contribution < 1.29 is 28.7 Å². The molecule has 204 valence electrons. The minimum Gasteiger partial charge on any atom is -0.497 e. The molecule has 0 bridgehead atoms. The van der Waals surface area contributed by atoms with E-state index in [1.54, 1.807) is 73.2 Å². The summed E-state index contributed by atoms with van der Waals surface area (Å²) in [5.41, 5.74) is 1.40. The Morgan fingerprint density at radius 1 is 0.974 bits per heavy atom. The van der Waals surface area contributed by atoms with Crippen LogP contribution in [0, 0.1) is 0 Å². The second kappa shape index (κ2) is 12.9. The third kappa shape index (κ3) is 6.94. The van der Waals surface area contributed by atoms with Crippen LogP contribution in [0.4, 0.5) is 10.5 Å².